The van der Waals surface area contributed by atoms with Crippen molar-refractivity contribution in [2.24, 2.45) is 0 Å². The number of aromatic nitrogens is 3. The maximum atomic E-state index is 13.9. The van der Waals surface area contributed by atoms with Crippen molar-refractivity contribution in [3.8, 4) is 0 Å². The molecule has 11 heteroatoms. The van der Waals surface area contributed by atoms with Crippen LogP contribution in [-0.4, -0.2) is 32.2 Å². The van der Waals surface area contributed by atoms with Crippen LogP contribution in [0.3, 0.4) is 0 Å². The summed E-state index contributed by atoms with van der Waals surface area (Å²) in [6.45, 7) is 0. The van der Waals surface area contributed by atoms with E-state index in [1.807, 2.05) is 0 Å². The molecule has 2 aliphatic rings. The number of halogens is 4. The molecule has 2 atom stereocenters. The molecule has 6 nitrogen and oxygen atoms in total. The Balaban J connectivity index is 1.56. The lowest BCUT2D eigenvalue weighted by molar-refractivity contribution is -0.138. The van der Waals surface area contributed by atoms with Crippen LogP contribution >= 0.6 is 11.3 Å². The molecule has 2 aliphatic heterocycles. The molecule has 0 aromatic carbocycles. The minimum atomic E-state index is -4.60. The van der Waals surface area contributed by atoms with Gasteiger partial charge in [-0.3, -0.25) is 5.32 Å². The first-order valence-corrected chi connectivity index (χ1v) is 8.29. The molecule has 2 aromatic rings. The molecule has 1 fully saturated rings. The number of fused-ring (bicyclic) bond motifs is 4. The van der Waals surface area contributed by atoms with Crippen LogP contribution in [-0.2, 0) is 12.6 Å². The molecule has 0 unspecified atom stereocenters. The predicted octanol–water partition coefficient (Wildman–Crippen LogP) is 3.38. The minimum absolute atomic E-state index is 0.216. The van der Waals surface area contributed by atoms with Gasteiger partial charge in [0.1, 0.15) is 0 Å². The number of nitrogens with zero attached hydrogens (tertiary/aromatic N) is 4. The molecule has 4 heterocycles. The molecule has 4 rings (SSSR count). The minimum Gasteiger partial charge on any atom is -0.314 e. The summed E-state index contributed by atoms with van der Waals surface area (Å²) >= 11 is 0.267. The van der Waals surface area contributed by atoms with Gasteiger partial charge in [-0.25, -0.2) is 9.78 Å². The Kier molecular flexibility index (Phi) is 3.63. The van der Waals surface area contributed by atoms with Gasteiger partial charge in [-0.05, 0) is 30.9 Å². The van der Waals surface area contributed by atoms with Gasteiger partial charge in [0.2, 0.25) is 16.1 Å². The van der Waals surface area contributed by atoms with Crippen molar-refractivity contribution in [2.45, 2.75) is 37.5 Å². The molecule has 2 bridgehead atoms. The Morgan fingerprint density at radius 1 is 1.32 bits per heavy atom. The number of hydrogen-bond acceptors (Lipinski definition) is 5. The van der Waals surface area contributed by atoms with Gasteiger partial charge in [-0.15, -0.1) is 10.2 Å². The Morgan fingerprint density at radius 3 is 2.84 bits per heavy atom. The average molecular weight is 373 g/mol. The van der Waals surface area contributed by atoms with Crippen LogP contribution in [0, 0.1) is 5.95 Å². The summed E-state index contributed by atoms with van der Waals surface area (Å²) in [6, 6.07) is 0.588. The summed E-state index contributed by atoms with van der Waals surface area (Å²) in [7, 11) is 0. The highest BCUT2D eigenvalue weighted by Gasteiger charge is 2.44. The van der Waals surface area contributed by atoms with Crippen molar-refractivity contribution in [1.29, 1.82) is 0 Å². The molecule has 2 aromatic heterocycles. The first kappa shape index (κ1) is 16.2. The molecule has 0 aliphatic carbocycles. The number of carbonyl (C=O) groups excluding carboxylic acids is 1. The van der Waals surface area contributed by atoms with E-state index in [4.69, 9.17) is 0 Å². The van der Waals surface area contributed by atoms with Crippen LogP contribution in [0.4, 0.5) is 27.5 Å². The molecular weight excluding hydrogens is 362 g/mol. The van der Waals surface area contributed by atoms with Gasteiger partial charge in [-0.1, -0.05) is 11.3 Å². The van der Waals surface area contributed by atoms with Crippen LogP contribution in [0.25, 0.3) is 0 Å². The highest BCUT2D eigenvalue weighted by molar-refractivity contribution is 7.15. The average Bonchev–Trinajstić information content (AvgIpc) is 3.12. The second-order valence-corrected chi connectivity index (χ2v) is 6.85. The monoisotopic (exact) mass is 373 g/mol. The number of pyridine rings is 1. The van der Waals surface area contributed by atoms with Crippen LogP contribution in [0.15, 0.2) is 12.3 Å². The zero-order valence-corrected chi connectivity index (χ0v) is 13.4. The molecule has 0 spiro atoms. The van der Waals surface area contributed by atoms with E-state index in [2.05, 4.69) is 20.5 Å². The van der Waals surface area contributed by atoms with Crippen molar-refractivity contribution < 1.29 is 22.4 Å². The van der Waals surface area contributed by atoms with Gasteiger partial charge in [0.05, 0.1) is 6.04 Å². The molecule has 25 heavy (non-hydrogen) atoms. The van der Waals surface area contributed by atoms with E-state index >= 15 is 0 Å². The number of anilines is 1. The Labute approximate surface area is 142 Å². The standard InChI is InChI=1S/C14H11F4N5OS/c15-10-8-5-6-1-2-9(7(8)3-4-19-10)23(6)13(24)20-12-22-21-11(25-12)14(16,17)18/h3-4,6,9H,1-2,5H2,(H,20,22,24)/t6-,9+/m0/s1. The maximum Gasteiger partial charge on any atom is 0.445 e. The molecule has 132 valence electrons. The van der Waals surface area contributed by atoms with Gasteiger partial charge < -0.3 is 4.90 Å². The SMILES string of the molecule is O=C(Nc1nnc(C(F)(F)F)s1)N1[C@H]2CC[C@@H]1c1ccnc(F)c1C2. The van der Waals surface area contributed by atoms with Gasteiger partial charge in [0.25, 0.3) is 0 Å². The van der Waals surface area contributed by atoms with E-state index in [1.165, 1.54) is 6.20 Å². The van der Waals surface area contributed by atoms with Gasteiger partial charge in [0.15, 0.2) is 0 Å². The zero-order valence-electron chi connectivity index (χ0n) is 12.5. The fourth-order valence-electron chi connectivity index (χ4n) is 3.47. The van der Waals surface area contributed by atoms with E-state index in [-0.39, 0.29) is 28.6 Å². The number of amides is 2. The van der Waals surface area contributed by atoms with E-state index in [0.717, 1.165) is 0 Å². The molecular formula is C14H11F4N5OS. The Bertz CT molecular complexity index is 839. The summed E-state index contributed by atoms with van der Waals surface area (Å²) in [4.78, 5) is 17.7. The highest BCUT2D eigenvalue weighted by atomic mass is 32.1. The number of nitrogens with one attached hydrogen (secondary N) is 1. The predicted molar refractivity (Wildman–Crippen MR) is 79.4 cm³/mol. The number of carbonyl (C=O) groups is 1. The molecule has 1 N–H and O–H groups in total. The number of alkyl halides is 3. The second kappa shape index (κ2) is 5.61. The number of hydrogen-bond donors (Lipinski definition) is 1. The van der Waals surface area contributed by atoms with Crippen molar-refractivity contribution in [1.82, 2.24) is 20.1 Å². The zero-order chi connectivity index (χ0) is 17.8. The molecule has 1 saturated heterocycles. The van der Waals surface area contributed by atoms with Gasteiger partial charge in [-0.2, -0.15) is 17.6 Å². The van der Waals surface area contributed by atoms with Crippen LogP contribution in [0.5, 0.6) is 0 Å². The third kappa shape index (κ3) is 2.71. The largest absolute Gasteiger partial charge is 0.445 e. The van der Waals surface area contributed by atoms with Crippen LogP contribution in [0.2, 0.25) is 0 Å². The molecule has 2 amide bonds. The lowest BCUT2D eigenvalue weighted by Gasteiger charge is -2.35. The fraction of sp³-hybridized carbons (Fsp3) is 0.429. The van der Waals surface area contributed by atoms with Crippen LogP contribution < -0.4 is 5.32 Å². The Morgan fingerprint density at radius 2 is 2.12 bits per heavy atom. The molecule has 0 saturated carbocycles. The van der Waals surface area contributed by atoms with Crippen molar-refractivity contribution in [2.75, 3.05) is 5.32 Å². The lowest BCUT2D eigenvalue weighted by atomic mass is 9.95. The quantitative estimate of drug-likeness (QED) is 0.615. The summed E-state index contributed by atoms with van der Waals surface area (Å²) in [6.07, 6.45) is -1.56. The topological polar surface area (TPSA) is 71.0 Å². The van der Waals surface area contributed by atoms with Crippen molar-refractivity contribution >= 4 is 22.5 Å². The van der Waals surface area contributed by atoms with E-state index in [0.29, 0.717) is 30.4 Å². The Hall–Kier alpha value is -2.30. The first-order chi connectivity index (χ1) is 11.8. The summed E-state index contributed by atoms with van der Waals surface area (Å²) < 4.78 is 51.6. The van der Waals surface area contributed by atoms with Crippen molar-refractivity contribution in [3.63, 3.8) is 0 Å². The highest BCUT2D eigenvalue weighted by Crippen LogP contribution is 2.44. The van der Waals surface area contributed by atoms with Gasteiger partial charge in [0, 0.05) is 17.8 Å². The summed E-state index contributed by atoms with van der Waals surface area (Å²) in [5.41, 5.74) is 1.21. The van der Waals surface area contributed by atoms with Crippen LogP contribution in [0.1, 0.15) is 35.0 Å². The number of urea groups is 1. The summed E-state index contributed by atoms with van der Waals surface area (Å²) in [5.74, 6) is -0.534. The number of rotatable bonds is 1. The smallest absolute Gasteiger partial charge is 0.314 e. The lowest BCUT2D eigenvalue weighted by Crippen LogP contribution is -2.44. The summed E-state index contributed by atoms with van der Waals surface area (Å²) in [5, 5.41) is 7.44. The van der Waals surface area contributed by atoms with Gasteiger partial charge >= 0.3 is 12.2 Å². The van der Waals surface area contributed by atoms with E-state index in [1.54, 1.807) is 11.0 Å². The van der Waals surface area contributed by atoms with E-state index in [9.17, 15) is 22.4 Å². The fourth-order valence-corrected chi connectivity index (χ4v) is 4.07. The third-order valence-corrected chi connectivity index (χ3v) is 5.34. The first-order valence-electron chi connectivity index (χ1n) is 7.48. The maximum absolute atomic E-state index is 13.9. The molecule has 0 radical (unpaired) electrons. The van der Waals surface area contributed by atoms with Crippen molar-refractivity contribution in [3.05, 3.63) is 34.3 Å². The van der Waals surface area contributed by atoms with E-state index < -0.39 is 23.2 Å². The normalized spacial score (nSPS) is 22.0. The second-order valence-electron chi connectivity index (χ2n) is 5.87. The third-order valence-electron chi connectivity index (χ3n) is 4.46.